The standard InChI is InChI=1S/C19H25N3O2/c1-24-18-10-6-5-9-17(18)13-21-19(23)15-22(12-11-20)14-16-7-3-2-4-8-16/h2-10H,11-15,20H2,1H3,(H,21,23). The maximum absolute atomic E-state index is 12.3. The van der Waals surface area contributed by atoms with Crippen LogP contribution in [0.5, 0.6) is 5.75 Å². The monoisotopic (exact) mass is 327 g/mol. The van der Waals surface area contributed by atoms with E-state index in [1.165, 1.54) is 5.56 Å². The number of ether oxygens (including phenoxy) is 1. The summed E-state index contributed by atoms with van der Waals surface area (Å²) in [5.41, 5.74) is 7.80. The molecule has 5 nitrogen and oxygen atoms in total. The second kappa shape index (κ2) is 9.70. The van der Waals surface area contributed by atoms with Crippen LogP contribution in [0.2, 0.25) is 0 Å². The molecule has 5 heteroatoms. The van der Waals surface area contributed by atoms with Crippen molar-refractivity contribution in [2.45, 2.75) is 13.1 Å². The predicted molar refractivity (Wildman–Crippen MR) is 95.6 cm³/mol. The largest absolute Gasteiger partial charge is 0.496 e. The van der Waals surface area contributed by atoms with Crippen LogP contribution in [0.1, 0.15) is 11.1 Å². The van der Waals surface area contributed by atoms with Gasteiger partial charge in [0.25, 0.3) is 0 Å². The van der Waals surface area contributed by atoms with E-state index in [0.29, 0.717) is 32.7 Å². The fraction of sp³-hybridized carbons (Fsp3) is 0.316. The molecule has 24 heavy (non-hydrogen) atoms. The number of carbonyl (C=O) groups is 1. The van der Waals surface area contributed by atoms with Gasteiger partial charge >= 0.3 is 0 Å². The Balaban J connectivity index is 1.88. The van der Waals surface area contributed by atoms with E-state index >= 15 is 0 Å². The summed E-state index contributed by atoms with van der Waals surface area (Å²) in [6.07, 6.45) is 0. The van der Waals surface area contributed by atoms with Gasteiger partial charge in [-0.1, -0.05) is 48.5 Å². The lowest BCUT2D eigenvalue weighted by atomic mass is 10.2. The highest BCUT2D eigenvalue weighted by atomic mass is 16.5. The van der Waals surface area contributed by atoms with Gasteiger partial charge in [-0.3, -0.25) is 9.69 Å². The highest BCUT2D eigenvalue weighted by Gasteiger charge is 2.11. The number of nitrogens with two attached hydrogens (primary N) is 1. The first kappa shape index (κ1) is 18.0. The lowest BCUT2D eigenvalue weighted by molar-refractivity contribution is -0.122. The van der Waals surface area contributed by atoms with E-state index in [-0.39, 0.29) is 5.91 Å². The molecule has 2 rings (SSSR count). The minimum Gasteiger partial charge on any atom is -0.496 e. The van der Waals surface area contributed by atoms with Gasteiger partial charge in [-0.2, -0.15) is 0 Å². The third kappa shape index (κ3) is 5.68. The summed E-state index contributed by atoms with van der Waals surface area (Å²) >= 11 is 0. The average Bonchev–Trinajstić information content (AvgIpc) is 2.61. The van der Waals surface area contributed by atoms with Gasteiger partial charge in [0.2, 0.25) is 5.91 Å². The quantitative estimate of drug-likeness (QED) is 0.737. The van der Waals surface area contributed by atoms with Crippen molar-refractivity contribution in [2.24, 2.45) is 5.73 Å². The minimum absolute atomic E-state index is 0.0229. The molecule has 0 aliphatic rings. The molecule has 0 aliphatic carbocycles. The van der Waals surface area contributed by atoms with E-state index in [0.717, 1.165) is 11.3 Å². The second-order valence-electron chi connectivity index (χ2n) is 5.57. The molecular formula is C19H25N3O2. The van der Waals surface area contributed by atoms with Crippen LogP contribution < -0.4 is 15.8 Å². The molecule has 128 valence electrons. The highest BCUT2D eigenvalue weighted by Crippen LogP contribution is 2.16. The normalized spacial score (nSPS) is 10.6. The molecule has 2 aromatic rings. The van der Waals surface area contributed by atoms with Gasteiger partial charge in [-0.25, -0.2) is 0 Å². The molecule has 0 saturated heterocycles. The molecule has 1 amide bonds. The van der Waals surface area contributed by atoms with Crippen molar-refractivity contribution < 1.29 is 9.53 Å². The number of benzene rings is 2. The smallest absolute Gasteiger partial charge is 0.234 e. The molecular weight excluding hydrogens is 302 g/mol. The van der Waals surface area contributed by atoms with Crippen molar-refractivity contribution in [3.05, 3.63) is 65.7 Å². The molecule has 0 spiro atoms. The number of hydrogen-bond donors (Lipinski definition) is 2. The summed E-state index contributed by atoms with van der Waals surface area (Å²) in [5, 5.41) is 2.95. The minimum atomic E-state index is -0.0229. The van der Waals surface area contributed by atoms with E-state index in [1.54, 1.807) is 7.11 Å². The van der Waals surface area contributed by atoms with Crippen molar-refractivity contribution in [3.63, 3.8) is 0 Å². The van der Waals surface area contributed by atoms with Gasteiger partial charge in [-0.15, -0.1) is 0 Å². The first-order valence-electron chi connectivity index (χ1n) is 8.08. The Morgan fingerprint density at radius 1 is 1.12 bits per heavy atom. The van der Waals surface area contributed by atoms with Crippen LogP contribution in [0.25, 0.3) is 0 Å². The Kier molecular flexibility index (Phi) is 7.26. The van der Waals surface area contributed by atoms with Gasteiger partial charge in [0.1, 0.15) is 5.75 Å². The number of methoxy groups -OCH3 is 1. The molecule has 0 heterocycles. The molecule has 0 fully saturated rings. The Morgan fingerprint density at radius 2 is 1.83 bits per heavy atom. The van der Waals surface area contributed by atoms with Gasteiger partial charge in [0, 0.05) is 31.7 Å². The summed E-state index contributed by atoms with van der Waals surface area (Å²) in [5.74, 6) is 0.756. The fourth-order valence-electron chi connectivity index (χ4n) is 2.54. The number of hydrogen-bond acceptors (Lipinski definition) is 4. The predicted octanol–water partition coefficient (Wildman–Crippen LogP) is 1.77. The first-order chi connectivity index (χ1) is 11.7. The van der Waals surface area contributed by atoms with Crippen molar-refractivity contribution in [1.29, 1.82) is 0 Å². The van der Waals surface area contributed by atoms with Crippen LogP contribution >= 0.6 is 0 Å². The Morgan fingerprint density at radius 3 is 2.54 bits per heavy atom. The maximum Gasteiger partial charge on any atom is 0.234 e. The number of amides is 1. The molecule has 0 unspecified atom stereocenters. The number of carbonyl (C=O) groups excluding carboxylic acids is 1. The van der Waals surface area contributed by atoms with E-state index in [2.05, 4.69) is 17.4 Å². The van der Waals surface area contributed by atoms with Gasteiger partial charge in [0.15, 0.2) is 0 Å². The maximum atomic E-state index is 12.3. The van der Waals surface area contributed by atoms with Gasteiger partial charge in [0.05, 0.1) is 13.7 Å². The lowest BCUT2D eigenvalue weighted by Gasteiger charge is -2.21. The number of rotatable bonds is 9. The van der Waals surface area contributed by atoms with Crippen molar-refractivity contribution in [1.82, 2.24) is 10.2 Å². The van der Waals surface area contributed by atoms with Crippen LogP contribution in [0.3, 0.4) is 0 Å². The third-order valence-corrected chi connectivity index (χ3v) is 3.73. The van der Waals surface area contributed by atoms with E-state index in [9.17, 15) is 4.79 Å². The van der Waals surface area contributed by atoms with Gasteiger partial charge < -0.3 is 15.8 Å². The summed E-state index contributed by atoms with van der Waals surface area (Å²) in [6.45, 7) is 2.68. The van der Waals surface area contributed by atoms with Crippen molar-refractivity contribution in [3.8, 4) is 5.75 Å². The number of nitrogens with zero attached hydrogens (tertiary/aromatic N) is 1. The van der Waals surface area contributed by atoms with Crippen LogP contribution in [0, 0.1) is 0 Å². The van der Waals surface area contributed by atoms with Crippen LogP contribution in [0.15, 0.2) is 54.6 Å². The Bertz CT molecular complexity index is 632. The van der Waals surface area contributed by atoms with Crippen LogP contribution in [-0.2, 0) is 17.9 Å². The molecule has 3 N–H and O–H groups in total. The van der Waals surface area contributed by atoms with E-state index in [1.807, 2.05) is 47.4 Å². The molecule has 0 saturated carbocycles. The van der Waals surface area contributed by atoms with Crippen molar-refractivity contribution >= 4 is 5.91 Å². The number of nitrogens with one attached hydrogen (secondary N) is 1. The highest BCUT2D eigenvalue weighted by molar-refractivity contribution is 5.78. The zero-order valence-electron chi connectivity index (χ0n) is 14.1. The fourth-order valence-corrected chi connectivity index (χ4v) is 2.54. The number of para-hydroxylation sites is 1. The Hall–Kier alpha value is -2.37. The van der Waals surface area contributed by atoms with Crippen LogP contribution in [-0.4, -0.2) is 37.6 Å². The summed E-state index contributed by atoms with van der Waals surface area (Å²) in [4.78, 5) is 14.3. The summed E-state index contributed by atoms with van der Waals surface area (Å²) in [7, 11) is 1.63. The second-order valence-corrected chi connectivity index (χ2v) is 5.57. The summed E-state index contributed by atoms with van der Waals surface area (Å²) < 4.78 is 5.30. The van der Waals surface area contributed by atoms with Crippen LogP contribution in [0.4, 0.5) is 0 Å². The van der Waals surface area contributed by atoms with Gasteiger partial charge in [-0.05, 0) is 11.6 Å². The lowest BCUT2D eigenvalue weighted by Crippen LogP contribution is -2.39. The van der Waals surface area contributed by atoms with E-state index < -0.39 is 0 Å². The molecule has 0 atom stereocenters. The molecule has 0 radical (unpaired) electrons. The zero-order valence-corrected chi connectivity index (χ0v) is 14.1. The molecule has 0 aromatic heterocycles. The molecule has 0 aliphatic heterocycles. The zero-order chi connectivity index (χ0) is 17.2. The average molecular weight is 327 g/mol. The molecule has 2 aromatic carbocycles. The van der Waals surface area contributed by atoms with E-state index in [4.69, 9.17) is 10.5 Å². The SMILES string of the molecule is COc1ccccc1CNC(=O)CN(CCN)Cc1ccccc1. The Labute approximate surface area is 143 Å². The summed E-state index contributed by atoms with van der Waals surface area (Å²) in [6, 6.07) is 17.8. The van der Waals surface area contributed by atoms with Crippen molar-refractivity contribution in [2.75, 3.05) is 26.7 Å². The molecule has 0 bridgehead atoms. The first-order valence-corrected chi connectivity index (χ1v) is 8.08. The topological polar surface area (TPSA) is 67.6 Å². The third-order valence-electron chi connectivity index (χ3n) is 3.73.